The Morgan fingerprint density at radius 1 is 1.05 bits per heavy atom. The predicted octanol–water partition coefficient (Wildman–Crippen LogP) is 3.63. The van der Waals surface area contributed by atoms with Crippen molar-refractivity contribution in [2.45, 2.75) is 57.1 Å². The molecule has 1 amide bonds. The summed E-state index contributed by atoms with van der Waals surface area (Å²) >= 11 is 6.11. The number of aromatic nitrogens is 2. The van der Waals surface area contributed by atoms with Gasteiger partial charge in [-0.3, -0.25) is 4.79 Å². The number of nitriles is 1. The zero-order chi connectivity index (χ0) is 27.0. The summed E-state index contributed by atoms with van der Waals surface area (Å²) < 4.78 is 6.05. The van der Waals surface area contributed by atoms with Crippen LogP contribution in [0.4, 0.5) is 5.82 Å². The second-order valence-corrected chi connectivity index (χ2v) is 11.3. The summed E-state index contributed by atoms with van der Waals surface area (Å²) in [6.07, 6.45) is 7.02. The standard InChI is InChI=1S/C29H38ClN7O2/c30-26-19-25(4-1-22(26)20-31)39-24-5-2-23(3-6-24)33-29(38)27-7-8-28(35-34-27)37-15-10-21(11-16-37)9-14-36-17-12-32-13-18-36/h1,4,7-8,19,21,23-24,32H,2-3,5-6,9-18H2,(H,33,38)/t23-,24-. The van der Waals surface area contributed by atoms with Crippen molar-refractivity contribution in [3.63, 3.8) is 0 Å². The van der Waals surface area contributed by atoms with Crippen LogP contribution in [-0.4, -0.2) is 79.0 Å². The van der Waals surface area contributed by atoms with E-state index in [1.807, 2.05) is 6.07 Å². The van der Waals surface area contributed by atoms with Crippen molar-refractivity contribution in [3.8, 4) is 11.8 Å². The van der Waals surface area contributed by atoms with Gasteiger partial charge in [0.25, 0.3) is 5.91 Å². The SMILES string of the molecule is N#Cc1ccc(O[C@H]2CC[C@H](NC(=O)c3ccc(N4CCC(CCN5CCNCC5)CC4)nn3)CC2)cc1Cl. The largest absolute Gasteiger partial charge is 0.490 e. The van der Waals surface area contributed by atoms with Crippen molar-refractivity contribution in [2.24, 2.45) is 5.92 Å². The van der Waals surface area contributed by atoms with Crippen LogP contribution in [0.25, 0.3) is 0 Å². The number of nitrogens with zero attached hydrogens (tertiary/aromatic N) is 5. The monoisotopic (exact) mass is 551 g/mol. The minimum absolute atomic E-state index is 0.0624. The van der Waals surface area contributed by atoms with Gasteiger partial charge in [0.2, 0.25) is 0 Å². The minimum atomic E-state index is -0.177. The van der Waals surface area contributed by atoms with Gasteiger partial charge in [-0.1, -0.05) is 11.6 Å². The maximum absolute atomic E-state index is 12.8. The van der Waals surface area contributed by atoms with E-state index in [1.54, 1.807) is 24.3 Å². The number of rotatable bonds is 8. The molecule has 2 N–H and O–H groups in total. The van der Waals surface area contributed by atoms with E-state index in [4.69, 9.17) is 21.6 Å². The molecule has 5 rings (SSSR count). The van der Waals surface area contributed by atoms with Crippen LogP contribution in [0.1, 0.15) is 61.0 Å². The summed E-state index contributed by atoms with van der Waals surface area (Å²) in [5.41, 5.74) is 0.795. The van der Waals surface area contributed by atoms with E-state index in [9.17, 15) is 4.79 Å². The van der Waals surface area contributed by atoms with Gasteiger partial charge in [-0.05, 0) is 81.7 Å². The lowest BCUT2D eigenvalue weighted by Crippen LogP contribution is -2.44. The van der Waals surface area contributed by atoms with Crippen LogP contribution in [0.3, 0.4) is 0 Å². The summed E-state index contributed by atoms with van der Waals surface area (Å²) in [7, 11) is 0. The third-order valence-electron chi connectivity index (χ3n) is 8.26. The molecule has 0 bridgehead atoms. The predicted molar refractivity (Wildman–Crippen MR) is 151 cm³/mol. The number of hydrogen-bond donors (Lipinski definition) is 2. The molecule has 3 fully saturated rings. The number of carbonyl (C=O) groups excluding carboxylic acids is 1. The lowest BCUT2D eigenvalue weighted by Gasteiger charge is -2.34. The number of piperazine rings is 1. The first kappa shape index (κ1) is 27.6. The Labute approximate surface area is 235 Å². The fraction of sp³-hybridized carbons (Fsp3) is 0.586. The normalized spacial score (nSPS) is 22.7. The highest BCUT2D eigenvalue weighted by Gasteiger charge is 2.25. The summed E-state index contributed by atoms with van der Waals surface area (Å²) in [6, 6.07) is 11.0. The van der Waals surface area contributed by atoms with Crippen molar-refractivity contribution in [3.05, 3.63) is 46.6 Å². The first-order chi connectivity index (χ1) is 19.1. The Kier molecular flexibility index (Phi) is 9.51. The summed E-state index contributed by atoms with van der Waals surface area (Å²) in [6.45, 7) is 7.74. The molecule has 3 heterocycles. The molecule has 39 heavy (non-hydrogen) atoms. The molecule has 2 aliphatic heterocycles. The molecule has 208 valence electrons. The first-order valence-electron chi connectivity index (χ1n) is 14.3. The molecule has 1 saturated carbocycles. The van der Waals surface area contributed by atoms with Crippen LogP contribution in [-0.2, 0) is 0 Å². The molecule has 1 aromatic carbocycles. The summed E-state index contributed by atoms with van der Waals surface area (Å²) in [5.74, 6) is 2.12. The zero-order valence-electron chi connectivity index (χ0n) is 22.4. The highest BCUT2D eigenvalue weighted by atomic mass is 35.5. The molecule has 0 spiro atoms. The maximum atomic E-state index is 12.8. The third kappa shape index (κ3) is 7.59. The molecule has 2 aromatic rings. The number of halogens is 1. The maximum Gasteiger partial charge on any atom is 0.272 e. The number of nitrogens with one attached hydrogen (secondary N) is 2. The van der Waals surface area contributed by atoms with Crippen LogP contribution < -0.4 is 20.3 Å². The molecule has 0 atom stereocenters. The van der Waals surface area contributed by atoms with Gasteiger partial charge in [-0.15, -0.1) is 10.2 Å². The molecule has 1 aliphatic carbocycles. The average molecular weight is 552 g/mol. The van der Waals surface area contributed by atoms with E-state index in [2.05, 4.69) is 36.7 Å². The van der Waals surface area contributed by atoms with Crippen LogP contribution in [0, 0.1) is 17.2 Å². The second-order valence-electron chi connectivity index (χ2n) is 10.9. The molecule has 9 nitrogen and oxygen atoms in total. The Bertz CT molecular complexity index is 1130. The minimum Gasteiger partial charge on any atom is -0.490 e. The number of carbonyl (C=O) groups is 1. The van der Waals surface area contributed by atoms with Crippen molar-refractivity contribution in [1.29, 1.82) is 5.26 Å². The zero-order valence-corrected chi connectivity index (χ0v) is 23.2. The highest BCUT2D eigenvalue weighted by Crippen LogP contribution is 2.28. The number of ether oxygens (including phenoxy) is 1. The second kappa shape index (κ2) is 13.4. The molecule has 3 aliphatic rings. The van der Waals surface area contributed by atoms with E-state index < -0.39 is 0 Å². The Balaban J connectivity index is 1.02. The van der Waals surface area contributed by atoms with Crippen LogP contribution >= 0.6 is 11.6 Å². The van der Waals surface area contributed by atoms with Gasteiger partial charge in [-0.2, -0.15) is 5.26 Å². The molecule has 2 saturated heterocycles. The molecule has 0 unspecified atom stereocenters. The van der Waals surface area contributed by atoms with Gasteiger partial charge in [-0.25, -0.2) is 0 Å². The number of piperidine rings is 1. The summed E-state index contributed by atoms with van der Waals surface area (Å²) in [4.78, 5) is 17.7. The lowest BCUT2D eigenvalue weighted by molar-refractivity contribution is 0.0888. The van der Waals surface area contributed by atoms with Crippen LogP contribution in [0.15, 0.2) is 30.3 Å². The number of hydrogen-bond acceptors (Lipinski definition) is 8. The molecule has 0 radical (unpaired) electrons. The topological polar surface area (TPSA) is 106 Å². The van der Waals surface area contributed by atoms with Gasteiger partial charge < -0.3 is 25.2 Å². The molecule has 1 aromatic heterocycles. The van der Waals surface area contributed by atoms with Crippen LogP contribution in [0.5, 0.6) is 5.75 Å². The Morgan fingerprint density at radius 2 is 1.82 bits per heavy atom. The Morgan fingerprint density at radius 3 is 2.49 bits per heavy atom. The molecular formula is C29H38ClN7O2. The van der Waals surface area contributed by atoms with E-state index >= 15 is 0 Å². The van der Waals surface area contributed by atoms with Gasteiger partial charge in [0, 0.05) is 51.4 Å². The van der Waals surface area contributed by atoms with Gasteiger partial charge in [0.1, 0.15) is 11.8 Å². The van der Waals surface area contributed by atoms with Crippen molar-refractivity contribution in [1.82, 2.24) is 25.7 Å². The quantitative estimate of drug-likeness (QED) is 0.512. The molecule has 10 heteroatoms. The van der Waals surface area contributed by atoms with Crippen molar-refractivity contribution in [2.75, 3.05) is 50.7 Å². The fourth-order valence-electron chi connectivity index (χ4n) is 5.80. The van der Waals surface area contributed by atoms with E-state index in [-0.39, 0.29) is 18.1 Å². The first-order valence-corrected chi connectivity index (χ1v) is 14.6. The number of amides is 1. The fourth-order valence-corrected chi connectivity index (χ4v) is 6.02. The number of anilines is 1. The van der Waals surface area contributed by atoms with E-state index in [0.29, 0.717) is 22.0 Å². The lowest BCUT2D eigenvalue weighted by atomic mass is 9.92. The van der Waals surface area contributed by atoms with Crippen molar-refractivity contribution >= 4 is 23.3 Å². The van der Waals surface area contributed by atoms with E-state index in [1.165, 1.54) is 38.9 Å². The van der Waals surface area contributed by atoms with Crippen molar-refractivity contribution < 1.29 is 9.53 Å². The summed E-state index contributed by atoms with van der Waals surface area (Å²) in [5, 5.41) is 24.6. The molecular weight excluding hydrogens is 514 g/mol. The number of benzene rings is 1. The smallest absolute Gasteiger partial charge is 0.272 e. The van der Waals surface area contributed by atoms with Gasteiger partial charge >= 0.3 is 0 Å². The van der Waals surface area contributed by atoms with Crippen LogP contribution in [0.2, 0.25) is 5.02 Å². The third-order valence-corrected chi connectivity index (χ3v) is 8.57. The van der Waals surface area contributed by atoms with Gasteiger partial charge in [0.15, 0.2) is 11.5 Å². The van der Waals surface area contributed by atoms with E-state index in [0.717, 1.165) is 63.6 Å². The highest BCUT2D eigenvalue weighted by molar-refractivity contribution is 6.31. The average Bonchev–Trinajstić information content (AvgIpc) is 2.98. The van der Waals surface area contributed by atoms with Gasteiger partial charge in [0.05, 0.1) is 16.7 Å². The Hall–Kier alpha value is -2.93.